The first-order chi connectivity index (χ1) is 16.4. The molecule has 4 heterocycles. The number of rotatable bonds is 5. The van der Waals surface area contributed by atoms with Crippen molar-refractivity contribution in [3.63, 3.8) is 0 Å². The summed E-state index contributed by atoms with van der Waals surface area (Å²) >= 11 is 0. The summed E-state index contributed by atoms with van der Waals surface area (Å²) in [6.07, 6.45) is 0.603. The molecule has 0 aromatic rings. The van der Waals surface area contributed by atoms with E-state index in [1.54, 1.807) is 0 Å². The number of carbonyl (C=O) groups excluding carboxylic acids is 2. The van der Waals surface area contributed by atoms with Crippen LogP contribution in [0.25, 0.3) is 0 Å². The second-order valence-corrected chi connectivity index (χ2v) is 13.1. The maximum atomic E-state index is 13.0. The molecule has 0 radical (unpaired) electrons. The maximum absolute atomic E-state index is 13.0. The molecule has 4 aliphatic heterocycles. The van der Waals surface area contributed by atoms with Crippen LogP contribution in [0.4, 0.5) is 4.79 Å². The molecule has 0 bridgehead atoms. The van der Waals surface area contributed by atoms with Crippen molar-refractivity contribution in [2.45, 2.75) is 81.3 Å². The molecule has 7 rings (SSSR count). The normalized spacial score (nSPS) is 50.1. The number of nitrogens with zero attached hydrogens (tertiary/aromatic N) is 1. The minimum Gasteiger partial charge on any atom is -0.458 e. The van der Waals surface area contributed by atoms with Gasteiger partial charge in [-0.15, -0.1) is 0 Å². The molecule has 7 aliphatic rings. The van der Waals surface area contributed by atoms with Gasteiger partial charge in [0.1, 0.15) is 43.2 Å². The van der Waals surface area contributed by atoms with E-state index >= 15 is 0 Å². The minimum atomic E-state index is -0.749. The van der Waals surface area contributed by atoms with E-state index in [1.165, 1.54) is 0 Å². The van der Waals surface area contributed by atoms with Gasteiger partial charge in [-0.05, 0) is 36.7 Å². The van der Waals surface area contributed by atoms with Crippen LogP contribution < -0.4 is 0 Å². The number of epoxide rings is 3. The highest BCUT2D eigenvalue weighted by Crippen LogP contribution is 2.83. The Hall–Kier alpha value is -1.68. The fourth-order valence-corrected chi connectivity index (χ4v) is 8.38. The highest BCUT2D eigenvalue weighted by Gasteiger charge is 3.01. The standard InChI is InChI=1S/C26H36NO8/c1-13(2)24-18(34-24)19-26(35-19)23(3)8-7-14-15(12-31-20(14)28)16(23)11-17-25(26,33-17)21(24)32-22(29)30-10-9-27(4,5)6/h13,16-19,21H,7-12H2,1-6H3/q+1/t16-,17-,18+,19-,21+,23-,24+,25+,26+/m0/s1. The van der Waals surface area contributed by atoms with Gasteiger partial charge in [0.2, 0.25) is 0 Å². The van der Waals surface area contributed by atoms with Gasteiger partial charge in [0.15, 0.2) is 11.7 Å². The van der Waals surface area contributed by atoms with E-state index in [4.69, 9.17) is 28.4 Å². The molecule has 9 nitrogen and oxygen atoms in total. The van der Waals surface area contributed by atoms with E-state index in [0.717, 1.165) is 24.0 Å². The van der Waals surface area contributed by atoms with Crippen LogP contribution in [-0.4, -0.2) is 98.7 Å². The first kappa shape index (κ1) is 22.5. The summed E-state index contributed by atoms with van der Waals surface area (Å²) in [5, 5.41) is 0. The van der Waals surface area contributed by atoms with Crippen molar-refractivity contribution < 1.29 is 42.5 Å². The smallest absolute Gasteiger partial charge is 0.458 e. The molecule has 0 N–H and O–H groups in total. The van der Waals surface area contributed by atoms with Crippen LogP contribution >= 0.6 is 0 Å². The first-order valence-electron chi connectivity index (χ1n) is 13.0. The first-order valence-corrected chi connectivity index (χ1v) is 13.0. The molecule has 9 heteroatoms. The van der Waals surface area contributed by atoms with Gasteiger partial charge in [-0.1, -0.05) is 20.8 Å². The largest absolute Gasteiger partial charge is 0.508 e. The Morgan fingerprint density at radius 3 is 2.66 bits per heavy atom. The van der Waals surface area contributed by atoms with Crippen molar-refractivity contribution in [2.75, 3.05) is 40.9 Å². The zero-order valence-electron chi connectivity index (χ0n) is 21.4. The SMILES string of the molecule is CC(C)[C@@]12O[C@@H]1[C@@H]1O[C@]13[C@]1(O[C@H]1C[C@H]1C4=C(CC[C@@]13C)C(=O)OC4)[C@@H]2OC(=O)OCC[N+](C)(C)C. The van der Waals surface area contributed by atoms with E-state index in [0.29, 0.717) is 24.1 Å². The van der Waals surface area contributed by atoms with Gasteiger partial charge in [0.05, 0.1) is 27.2 Å². The molecule has 0 aromatic heterocycles. The van der Waals surface area contributed by atoms with E-state index in [1.807, 2.05) is 0 Å². The second kappa shape index (κ2) is 6.41. The average molecular weight is 491 g/mol. The average Bonchev–Trinajstić information content (AvgIpc) is 3.66. The third kappa shape index (κ3) is 2.49. The molecule has 2 saturated carbocycles. The summed E-state index contributed by atoms with van der Waals surface area (Å²) in [4.78, 5) is 25.3. The van der Waals surface area contributed by atoms with E-state index in [-0.39, 0.29) is 48.1 Å². The fourth-order valence-electron chi connectivity index (χ4n) is 8.38. The number of quaternary nitrogens is 1. The Bertz CT molecular complexity index is 1060. The van der Waals surface area contributed by atoms with Crippen LogP contribution in [0.15, 0.2) is 11.1 Å². The minimum absolute atomic E-state index is 0.100. The van der Waals surface area contributed by atoms with Crippen LogP contribution in [0.3, 0.4) is 0 Å². The molecule has 192 valence electrons. The molecule has 0 unspecified atom stereocenters. The van der Waals surface area contributed by atoms with Gasteiger partial charge >= 0.3 is 12.1 Å². The Morgan fingerprint density at radius 2 is 1.94 bits per heavy atom. The van der Waals surface area contributed by atoms with Crippen LogP contribution in [0, 0.1) is 17.3 Å². The van der Waals surface area contributed by atoms with Crippen molar-refractivity contribution in [2.24, 2.45) is 17.3 Å². The summed E-state index contributed by atoms with van der Waals surface area (Å²) in [5.74, 6) is 0.0861. The van der Waals surface area contributed by atoms with Gasteiger partial charge in [0.25, 0.3) is 0 Å². The van der Waals surface area contributed by atoms with E-state index in [2.05, 4.69) is 41.9 Å². The highest BCUT2D eigenvalue weighted by atomic mass is 16.8. The molecule has 3 aliphatic carbocycles. The monoisotopic (exact) mass is 490 g/mol. The van der Waals surface area contributed by atoms with Crippen molar-refractivity contribution >= 4 is 12.1 Å². The van der Waals surface area contributed by atoms with Crippen molar-refractivity contribution in [1.29, 1.82) is 0 Å². The fraction of sp³-hybridized carbons (Fsp3) is 0.846. The van der Waals surface area contributed by atoms with E-state index in [9.17, 15) is 9.59 Å². The quantitative estimate of drug-likeness (QED) is 0.328. The molecule has 35 heavy (non-hydrogen) atoms. The Morgan fingerprint density at radius 1 is 1.17 bits per heavy atom. The lowest BCUT2D eigenvalue weighted by molar-refractivity contribution is -0.870. The van der Waals surface area contributed by atoms with Gasteiger partial charge in [-0.2, -0.15) is 0 Å². The number of ether oxygens (including phenoxy) is 6. The second-order valence-electron chi connectivity index (χ2n) is 13.1. The summed E-state index contributed by atoms with van der Waals surface area (Å²) < 4.78 is 37.5. The van der Waals surface area contributed by atoms with Crippen molar-refractivity contribution in [1.82, 2.24) is 0 Å². The number of esters is 1. The van der Waals surface area contributed by atoms with Crippen molar-refractivity contribution in [3.8, 4) is 0 Å². The predicted octanol–water partition coefficient (Wildman–Crippen LogP) is 1.97. The highest BCUT2D eigenvalue weighted by molar-refractivity contribution is 5.92. The van der Waals surface area contributed by atoms with Gasteiger partial charge in [-0.25, -0.2) is 9.59 Å². The molecule has 9 atom stereocenters. The number of likely N-dealkylation sites (N-methyl/N-ethyl adjacent to an activating group) is 1. The third-order valence-corrected chi connectivity index (χ3v) is 10.3. The third-order valence-electron chi connectivity index (χ3n) is 10.3. The van der Waals surface area contributed by atoms with Gasteiger partial charge < -0.3 is 32.9 Å². The van der Waals surface area contributed by atoms with Crippen LogP contribution in [-0.2, 0) is 33.2 Å². The van der Waals surface area contributed by atoms with Crippen LogP contribution in [0.2, 0.25) is 0 Å². The molecule has 2 spiro atoms. The summed E-state index contributed by atoms with van der Waals surface area (Å²) in [6, 6.07) is 0. The molecule has 3 saturated heterocycles. The number of hydrogen-bond acceptors (Lipinski definition) is 8. The number of fused-ring (bicyclic) bond motifs is 4. The number of cyclic esters (lactones) is 1. The molecule has 5 fully saturated rings. The molecule has 0 aromatic carbocycles. The number of carbonyl (C=O) groups is 2. The molecule has 0 amide bonds. The summed E-state index contributed by atoms with van der Waals surface area (Å²) in [7, 11) is 6.15. The Kier molecular flexibility index (Phi) is 4.12. The van der Waals surface area contributed by atoms with E-state index < -0.39 is 29.1 Å². The van der Waals surface area contributed by atoms with Crippen molar-refractivity contribution in [3.05, 3.63) is 11.1 Å². The lowest BCUT2D eigenvalue weighted by Gasteiger charge is -2.53. The van der Waals surface area contributed by atoms with Gasteiger partial charge in [-0.3, -0.25) is 0 Å². The maximum Gasteiger partial charge on any atom is 0.508 e. The lowest BCUT2D eigenvalue weighted by atomic mass is 9.46. The topological polar surface area (TPSA) is 99.4 Å². The molecular weight excluding hydrogens is 454 g/mol. The summed E-state index contributed by atoms with van der Waals surface area (Å²) in [6.45, 7) is 7.81. The zero-order chi connectivity index (χ0) is 24.8. The zero-order valence-corrected chi connectivity index (χ0v) is 21.4. The summed E-state index contributed by atoms with van der Waals surface area (Å²) in [5.41, 5.74) is -0.288. The Balaban J connectivity index is 1.23. The Labute approximate surface area is 205 Å². The lowest BCUT2D eigenvalue weighted by Crippen LogP contribution is -2.70. The molecular formula is C26H36NO8+. The predicted molar refractivity (Wildman–Crippen MR) is 120 cm³/mol. The van der Waals surface area contributed by atoms with Crippen LogP contribution in [0.5, 0.6) is 0 Å². The van der Waals surface area contributed by atoms with Crippen LogP contribution in [0.1, 0.15) is 40.0 Å². The van der Waals surface area contributed by atoms with Gasteiger partial charge in [0, 0.05) is 11.0 Å². The number of hydrogen-bond donors (Lipinski definition) is 0.